The van der Waals surface area contributed by atoms with Crippen LogP contribution in [-0.4, -0.2) is 46.7 Å². The van der Waals surface area contributed by atoms with E-state index < -0.39 is 18.3 Å². The van der Waals surface area contributed by atoms with Gasteiger partial charge in [-0.25, -0.2) is 4.79 Å². The van der Waals surface area contributed by atoms with Crippen molar-refractivity contribution in [3.05, 3.63) is 53.6 Å². The van der Waals surface area contributed by atoms with Gasteiger partial charge in [-0.1, -0.05) is 12.1 Å². The van der Waals surface area contributed by atoms with Crippen molar-refractivity contribution in [1.29, 1.82) is 0 Å². The van der Waals surface area contributed by atoms with E-state index in [4.69, 9.17) is 9.47 Å². The molecule has 0 atom stereocenters. The van der Waals surface area contributed by atoms with Crippen molar-refractivity contribution in [3.63, 3.8) is 0 Å². The van der Waals surface area contributed by atoms with Gasteiger partial charge in [0, 0.05) is 18.7 Å². The second-order valence-corrected chi connectivity index (χ2v) is 6.38. The van der Waals surface area contributed by atoms with Crippen LogP contribution in [-0.2, 0) is 16.1 Å². The van der Waals surface area contributed by atoms with Crippen molar-refractivity contribution in [3.8, 4) is 17.2 Å². The quantitative estimate of drug-likeness (QED) is 0.726. The Hall–Kier alpha value is -3.22. The molecular formula is C20H21NO6. The monoisotopic (exact) mass is 371 g/mol. The molecule has 142 valence electrons. The molecule has 0 bridgehead atoms. The highest BCUT2D eigenvalue weighted by atomic mass is 16.5. The molecule has 7 heteroatoms. The summed E-state index contributed by atoms with van der Waals surface area (Å²) in [5.74, 6) is -0.934. The van der Waals surface area contributed by atoms with Crippen LogP contribution in [0.3, 0.4) is 0 Å². The standard InChI is InChI=1S/C20H21NO6/c1-26-16-7-2-13(3-8-16)11-21(14-4-5-14)19(24)12-27-20(25)17-9-6-15(22)10-18(17)23/h2-3,6-10,14,22-23H,4-5,11-12H2,1H3. The number of carbonyl (C=O) groups excluding carboxylic acids is 2. The number of rotatable bonds is 7. The number of benzene rings is 2. The topological polar surface area (TPSA) is 96.3 Å². The summed E-state index contributed by atoms with van der Waals surface area (Å²) in [6.45, 7) is 0.0152. The normalized spacial score (nSPS) is 13.1. The molecule has 0 heterocycles. The van der Waals surface area contributed by atoms with Crippen LogP contribution in [0, 0.1) is 0 Å². The number of phenols is 2. The number of carbonyl (C=O) groups is 2. The lowest BCUT2D eigenvalue weighted by atomic mass is 10.2. The maximum Gasteiger partial charge on any atom is 0.342 e. The number of amides is 1. The summed E-state index contributed by atoms with van der Waals surface area (Å²) in [5.41, 5.74) is 0.854. The van der Waals surface area contributed by atoms with Gasteiger partial charge in [0.2, 0.25) is 0 Å². The fourth-order valence-corrected chi connectivity index (χ4v) is 2.72. The van der Waals surface area contributed by atoms with Gasteiger partial charge in [-0.05, 0) is 42.7 Å². The van der Waals surface area contributed by atoms with Gasteiger partial charge in [0.05, 0.1) is 7.11 Å². The van der Waals surface area contributed by atoms with E-state index in [0.717, 1.165) is 30.2 Å². The Bertz CT molecular complexity index is 829. The summed E-state index contributed by atoms with van der Waals surface area (Å²) in [4.78, 5) is 26.3. The molecule has 0 aromatic heterocycles. The molecule has 1 fully saturated rings. The molecule has 2 aromatic carbocycles. The summed E-state index contributed by atoms with van der Waals surface area (Å²) >= 11 is 0. The zero-order valence-corrected chi connectivity index (χ0v) is 14.9. The minimum absolute atomic E-state index is 0.103. The van der Waals surface area contributed by atoms with Crippen LogP contribution in [0.4, 0.5) is 0 Å². The number of phenolic OH excluding ortho intramolecular Hbond substituents is 2. The van der Waals surface area contributed by atoms with Crippen LogP contribution in [0.5, 0.6) is 17.2 Å². The van der Waals surface area contributed by atoms with E-state index in [9.17, 15) is 19.8 Å². The Labute approximate surface area is 156 Å². The molecule has 1 amide bonds. The van der Waals surface area contributed by atoms with Gasteiger partial charge in [-0.3, -0.25) is 4.79 Å². The predicted molar refractivity (Wildman–Crippen MR) is 96.6 cm³/mol. The van der Waals surface area contributed by atoms with Crippen LogP contribution in [0.25, 0.3) is 0 Å². The molecule has 2 aromatic rings. The molecule has 0 unspecified atom stereocenters. The zero-order chi connectivity index (χ0) is 19.4. The highest BCUT2D eigenvalue weighted by molar-refractivity contribution is 5.94. The molecule has 3 rings (SSSR count). The van der Waals surface area contributed by atoms with E-state index in [0.29, 0.717) is 6.54 Å². The highest BCUT2D eigenvalue weighted by Gasteiger charge is 2.33. The second kappa shape index (κ2) is 7.99. The predicted octanol–water partition coefficient (Wildman–Crippen LogP) is 2.45. The summed E-state index contributed by atoms with van der Waals surface area (Å²) in [6.07, 6.45) is 1.85. The van der Waals surface area contributed by atoms with Gasteiger partial charge in [0.1, 0.15) is 22.8 Å². The lowest BCUT2D eigenvalue weighted by Gasteiger charge is -2.22. The maximum absolute atomic E-state index is 12.5. The van der Waals surface area contributed by atoms with E-state index in [1.54, 1.807) is 12.0 Å². The van der Waals surface area contributed by atoms with E-state index >= 15 is 0 Å². The van der Waals surface area contributed by atoms with Gasteiger partial charge in [0.25, 0.3) is 5.91 Å². The van der Waals surface area contributed by atoms with Crippen LogP contribution in [0.2, 0.25) is 0 Å². The van der Waals surface area contributed by atoms with Crippen LogP contribution < -0.4 is 4.74 Å². The molecular weight excluding hydrogens is 350 g/mol. The van der Waals surface area contributed by atoms with Gasteiger partial charge < -0.3 is 24.6 Å². The van der Waals surface area contributed by atoms with E-state index in [2.05, 4.69) is 0 Å². The number of methoxy groups -OCH3 is 1. The third kappa shape index (κ3) is 4.69. The van der Waals surface area contributed by atoms with Crippen molar-refractivity contribution < 1.29 is 29.3 Å². The lowest BCUT2D eigenvalue weighted by Crippen LogP contribution is -2.36. The molecule has 7 nitrogen and oxygen atoms in total. The van der Waals surface area contributed by atoms with Crippen molar-refractivity contribution in [2.45, 2.75) is 25.4 Å². The minimum atomic E-state index is -0.818. The van der Waals surface area contributed by atoms with E-state index in [1.165, 1.54) is 12.1 Å². The summed E-state index contributed by atoms with van der Waals surface area (Å²) < 4.78 is 10.2. The second-order valence-electron chi connectivity index (χ2n) is 6.38. The van der Waals surface area contributed by atoms with E-state index in [1.807, 2.05) is 24.3 Å². The third-order valence-corrected chi connectivity index (χ3v) is 4.35. The SMILES string of the molecule is COc1ccc(CN(C(=O)COC(=O)c2ccc(O)cc2O)C2CC2)cc1. The third-order valence-electron chi connectivity index (χ3n) is 4.35. The Morgan fingerprint density at radius 2 is 1.81 bits per heavy atom. The average Bonchev–Trinajstić information content (AvgIpc) is 3.49. The molecule has 0 radical (unpaired) electrons. The van der Waals surface area contributed by atoms with E-state index in [-0.39, 0.29) is 23.3 Å². The first-order valence-corrected chi connectivity index (χ1v) is 8.59. The smallest absolute Gasteiger partial charge is 0.342 e. The molecule has 0 spiro atoms. The molecule has 2 N–H and O–H groups in total. The van der Waals surface area contributed by atoms with Crippen molar-refractivity contribution in [1.82, 2.24) is 4.90 Å². The van der Waals surface area contributed by atoms with Crippen molar-refractivity contribution in [2.75, 3.05) is 13.7 Å². The summed E-state index contributed by atoms with van der Waals surface area (Å²) in [7, 11) is 1.59. The molecule has 1 aliphatic rings. The lowest BCUT2D eigenvalue weighted by molar-refractivity contribution is -0.135. The Morgan fingerprint density at radius 1 is 1.11 bits per heavy atom. The maximum atomic E-state index is 12.5. The molecule has 0 saturated heterocycles. The number of aromatic hydroxyl groups is 2. The van der Waals surface area contributed by atoms with Crippen LogP contribution >= 0.6 is 0 Å². The fourth-order valence-electron chi connectivity index (χ4n) is 2.72. The first-order valence-electron chi connectivity index (χ1n) is 8.59. The Morgan fingerprint density at radius 3 is 2.41 bits per heavy atom. The zero-order valence-electron chi connectivity index (χ0n) is 14.9. The molecule has 1 aliphatic carbocycles. The highest BCUT2D eigenvalue weighted by Crippen LogP contribution is 2.29. The first kappa shape index (κ1) is 18.6. The molecule has 0 aliphatic heterocycles. The van der Waals surface area contributed by atoms with Gasteiger partial charge in [0.15, 0.2) is 6.61 Å². The number of nitrogens with zero attached hydrogens (tertiary/aromatic N) is 1. The fraction of sp³-hybridized carbons (Fsp3) is 0.300. The van der Waals surface area contributed by atoms with Crippen molar-refractivity contribution in [2.24, 2.45) is 0 Å². The van der Waals surface area contributed by atoms with Crippen LogP contribution in [0.1, 0.15) is 28.8 Å². The van der Waals surface area contributed by atoms with Gasteiger partial charge in [-0.15, -0.1) is 0 Å². The van der Waals surface area contributed by atoms with Crippen LogP contribution in [0.15, 0.2) is 42.5 Å². The van der Waals surface area contributed by atoms with Gasteiger partial charge >= 0.3 is 5.97 Å². The summed E-state index contributed by atoms with van der Waals surface area (Å²) in [6, 6.07) is 11.1. The number of ether oxygens (including phenoxy) is 2. The largest absolute Gasteiger partial charge is 0.508 e. The molecule has 27 heavy (non-hydrogen) atoms. The Kier molecular flexibility index (Phi) is 5.49. The Balaban J connectivity index is 1.60. The number of esters is 1. The van der Waals surface area contributed by atoms with Crippen molar-refractivity contribution >= 4 is 11.9 Å². The van der Waals surface area contributed by atoms with Gasteiger partial charge in [-0.2, -0.15) is 0 Å². The molecule has 1 saturated carbocycles. The number of hydrogen-bond donors (Lipinski definition) is 2. The first-order chi connectivity index (χ1) is 13.0. The summed E-state index contributed by atoms with van der Waals surface area (Å²) in [5, 5.41) is 19.0. The number of hydrogen-bond acceptors (Lipinski definition) is 6. The average molecular weight is 371 g/mol. The minimum Gasteiger partial charge on any atom is -0.508 e.